The van der Waals surface area contributed by atoms with Crippen molar-refractivity contribution in [2.75, 3.05) is 6.54 Å². The normalized spacial score (nSPS) is 20.4. The van der Waals surface area contributed by atoms with Crippen LogP contribution in [0.25, 0.3) is 0 Å². The van der Waals surface area contributed by atoms with Crippen molar-refractivity contribution in [1.29, 1.82) is 0 Å². The Bertz CT molecular complexity index is 371. The molecule has 1 aliphatic rings. The molecular weight excluding hydrogens is 189 g/mol. The topological polar surface area (TPSA) is 26.0 Å². The molecule has 0 aliphatic heterocycles. The molecule has 0 radical (unpaired) electrons. The van der Waals surface area contributed by atoms with Gasteiger partial charge in [0.2, 0.25) is 0 Å². The van der Waals surface area contributed by atoms with Crippen molar-refractivity contribution in [1.82, 2.24) is 0 Å². The third kappa shape index (κ3) is 1.67. The van der Waals surface area contributed by atoms with E-state index < -0.39 is 0 Å². The molecule has 1 unspecified atom stereocenters. The van der Waals surface area contributed by atoms with Gasteiger partial charge in [0.05, 0.1) is 0 Å². The van der Waals surface area contributed by atoms with Crippen LogP contribution >= 0.6 is 0 Å². The van der Waals surface area contributed by atoms with Crippen LogP contribution in [0.15, 0.2) is 18.2 Å². The van der Waals surface area contributed by atoms with Crippen molar-refractivity contribution in [2.45, 2.75) is 32.6 Å². The predicted octanol–water partition coefficient (Wildman–Crippen LogP) is 2.84. The summed E-state index contributed by atoms with van der Waals surface area (Å²) in [5, 5.41) is 0. The van der Waals surface area contributed by atoms with E-state index in [1.54, 1.807) is 12.1 Å². The Morgan fingerprint density at radius 3 is 2.87 bits per heavy atom. The highest BCUT2D eigenvalue weighted by Gasteiger charge is 2.35. The molecule has 0 bridgehead atoms. The molecular formula is C13H18FN. The van der Waals surface area contributed by atoms with Crippen molar-refractivity contribution < 1.29 is 4.39 Å². The Labute approximate surface area is 90.5 Å². The number of benzene rings is 1. The largest absolute Gasteiger partial charge is 0.330 e. The van der Waals surface area contributed by atoms with Crippen molar-refractivity contribution in [3.8, 4) is 0 Å². The molecule has 0 fully saturated rings. The first-order chi connectivity index (χ1) is 7.06. The maximum Gasteiger partial charge on any atom is 0.126 e. The van der Waals surface area contributed by atoms with Gasteiger partial charge < -0.3 is 5.73 Å². The molecule has 1 atom stereocenters. The Balaban J connectivity index is 2.41. The van der Waals surface area contributed by atoms with Gasteiger partial charge in [-0.1, -0.05) is 26.0 Å². The molecule has 0 spiro atoms. The molecule has 0 amide bonds. The van der Waals surface area contributed by atoms with E-state index in [2.05, 4.69) is 13.8 Å². The van der Waals surface area contributed by atoms with E-state index in [9.17, 15) is 4.39 Å². The van der Waals surface area contributed by atoms with Gasteiger partial charge in [-0.05, 0) is 47.9 Å². The van der Waals surface area contributed by atoms with Gasteiger partial charge >= 0.3 is 0 Å². The average molecular weight is 207 g/mol. The second-order valence-corrected chi connectivity index (χ2v) is 5.09. The first-order valence-electron chi connectivity index (χ1n) is 5.53. The molecule has 0 saturated carbocycles. The smallest absolute Gasteiger partial charge is 0.126 e. The summed E-state index contributed by atoms with van der Waals surface area (Å²) >= 11 is 0. The number of hydrogen-bond acceptors (Lipinski definition) is 1. The molecule has 1 aromatic carbocycles. The summed E-state index contributed by atoms with van der Waals surface area (Å²) in [7, 11) is 0. The van der Waals surface area contributed by atoms with Gasteiger partial charge in [0.1, 0.15) is 5.82 Å². The van der Waals surface area contributed by atoms with Gasteiger partial charge in [-0.2, -0.15) is 0 Å². The van der Waals surface area contributed by atoms with E-state index in [-0.39, 0.29) is 11.2 Å². The lowest BCUT2D eigenvalue weighted by molar-refractivity contribution is 0.294. The molecule has 0 aromatic heterocycles. The summed E-state index contributed by atoms with van der Waals surface area (Å²) in [4.78, 5) is 0. The third-order valence-corrected chi connectivity index (χ3v) is 3.68. The molecule has 2 N–H and O–H groups in total. The molecule has 0 heterocycles. The first-order valence-corrected chi connectivity index (χ1v) is 5.53. The van der Waals surface area contributed by atoms with E-state index >= 15 is 0 Å². The Kier molecular flexibility index (Phi) is 2.55. The van der Waals surface area contributed by atoms with Crippen LogP contribution in [0.4, 0.5) is 4.39 Å². The quantitative estimate of drug-likeness (QED) is 0.793. The van der Waals surface area contributed by atoms with Crippen LogP contribution in [0.5, 0.6) is 0 Å². The Morgan fingerprint density at radius 2 is 2.20 bits per heavy atom. The Morgan fingerprint density at radius 1 is 1.47 bits per heavy atom. The van der Waals surface area contributed by atoms with Gasteiger partial charge in [0, 0.05) is 0 Å². The van der Waals surface area contributed by atoms with E-state index in [1.165, 1.54) is 5.56 Å². The number of nitrogens with two attached hydrogens (primary N) is 1. The lowest BCUT2D eigenvalue weighted by Crippen LogP contribution is -2.29. The van der Waals surface area contributed by atoms with E-state index in [0.717, 1.165) is 18.4 Å². The second-order valence-electron chi connectivity index (χ2n) is 5.09. The van der Waals surface area contributed by atoms with Crippen LogP contribution in [0, 0.1) is 11.2 Å². The summed E-state index contributed by atoms with van der Waals surface area (Å²) in [6, 6.07) is 5.41. The van der Waals surface area contributed by atoms with Crippen molar-refractivity contribution in [3.05, 3.63) is 35.1 Å². The van der Waals surface area contributed by atoms with Crippen molar-refractivity contribution >= 4 is 0 Å². The standard InChI is InChI=1S/C13H18FN/c1-13(2,8-15)11-7-6-10-9(11)4-3-5-12(10)14/h3-5,11H,6-8,15H2,1-2H3. The summed E-state index contributed by atoms with van der Waals surface area (Å²) in [5.41, 5.74) is 7.93. The minimum atomic E-state index is -0.0529. The molecule has 2 rings (SSSR count). The van der Waals surface area contributed by atoms with Gasteiger partial charge in [-0.15, -0.1) is 0 Å². The average Bonchev–Trinajstić information content (AvgIpc) is 2.63. The van der Waals surface area contributed by atoms with E-state index in [4.69, 9.17) is 5.73 Å². The Hall–Kier alpha value is -0.890. The monoisotopic (exact) mass is 207 g/mol. The fourth-order valence-corrected chi connectivity index (χ4v) is 2.56. The van der Waals surface area contributed by atoms with Crippen molar-refractivity contribution in [2.24, 2.45) is 11.1 Å². The fraction of sp³-hybridized carbons (Fsp3) is 0.538. The van der Waals surface area contributed by atoms with Crippen LogP contribution < -0.4 is 5.73 Å². The maximum atomic E-state index is 13.5. The molecule has 2 heteroatoms. The molecule has 1 aliphatic carbocycles. The highest BCUT2D eigenvalue weighted by molar-refractivity contribution is 5.37. The van der Waals surface area contributed by atoms with Crippen molar-refractivity contribution in [3.63, 3.8) is 0 Å². The number of fused-ring (bicyclic) bond motifs is 1. The number of hydrogen-bond donors (Lipinski definition) is 1. The zero-order valence-electron chi connectivity index (χ0n) is 9.39. The number of halogens is 1. The van der Waals surface area contributed by atoms with Crippen LogP contribution in [-0.2, 0) is 6.42 Å². The summed E-state index contributed by atoms with van der Waals surface area (Å²) in [6.07, 6.45) is 1.89. The number of rotatable bonds is 2. The second kappa shape index (κ2) is 3.60. The molecule has 1 nitrogen and oxygen atoms in total. The fourth-order valence-electron chi connectivity index (χ4n) is 2.56. The molecule has 82 valence electrons. The van der Waals surface area contributed by atoms with Gasteiger partial charge in [-0.25, -0.2) is 4.39 Å². The van der Waals surface area contributed by atoms with Gasteiger partial charge in [-0.3, -0.25) is 0 Å². The summed E-state index contributed by atoms with van der Waals surface area (Å²) in [6.45, 7) is 4.98. The zero-order chi connectivity index (χ0) is 11.1. The zero-order valence-corrected chi connectivity index (χ0v) is 9.39. The lowest BCUT2D eigenvalue weighted by atomic mass is 9.76. The third-order valence-electron chi connectivity index (χ3n) is 3.68. The SMILES string of the molecule is CC(C)(CN)C1CCc2c(F)cccc21. The maximum absolute atomic E-state index is 13.5. The van der Waals surface area contributed by atoms with E-state index in [0.29, 0.717) is 12.5 Å². The minimum Gasteiger partial charge on any atom is -0.330 e. The molecule has 1 aromatic rings. The lowest BCUT2D eigenvalue weighted by Gasteiger charge is -2.30. The summed E-state index contributed by atoms with van der Waals surface area (Å²) in [5.74, 6) is 0.357. The first kappa shape index (κ1) is 10.6. The van der Waals surface area contributed by atoms with Crippen LogP contribution in [0.2, 0.25) is 0 Å². The highest BCUT2D eigenvalue weighted by atomic mass is 19.1. The predicted molar refractivity (Wildman–Crippen MR) is 60.3 cm³/mol. The van der Waals surface area contributed by atoms with Crippen LogP contribution in [-0.4, -0.2) is 6.54 Å². The van der Waals surface area contributed by atoms with Crippen LogP contribution in [0.3, 0.4) is 0 Å². The minimum absolute atomic E-state index is 0.0529. The molecule has 0 saturated heterocycles. The van der Waals surface area contributed by atoms with Crippen LogP contribution in [0.1, 0.15) is 37.3 Å². The summed E-state index contributed by atoms with van der Waals surface area (Å²) < 4.78 is 13.5. The van der Waals surface area contributed by atoms with E-state index in [1.807, 2.05) is 6.07 Å². The van der Waals surface area contributed by atoms with Gasteiger partial charge in [0.25, 0.3) is 0 Å². The van der Waals surface area contributed by atoms with Gasteiger partial charge in [0.15, 0.2) is 0 Å². The molecule has 15 heavy (non-hydrogen) atoms. The highest BCUT2D eigenvalue weighted by Crippen LogP contribution is 2.44.